The van der Waals surface area contributed by atoms with Crippen molar-refractivity contribution in [3.63, 3.8) is 0 Å². The summed E-state index contributed by atoms with van der Waals surface area (Å²) in [5.41, 5.74) is 0.924. The maximum atomic E-state index is 12.0. The number of benzene rings is 1. The van der Waals surface area contributed by atoms with E-state index in [1.54, 1.807) is 18.2 Å². The van der Waals surface area contributed by atoms with Gasteiger partial charge in [0.05, 0.1) is 12.1 Å². The van der Waals surface area contributed by atoms with E-state index in [-0.39, 0.29) is 24.9 Å². The zero-order valence-corrected chi connectivity index (χ0v) is 14.8. The van der Waals surface area contributed by atoms with Crippen LogP contribution in [0.5, 0.6) is 0 Å². The highest BCUT2D eigenvalue weighted by atomic mass is 16.7. The maximum absolute atomic E-state index is 12.0. The Morgan fingerprint density at radius 2 is 1.68 bits per heavy atom. The number of aliphatic carboxylic acids is 2. The molecular weight excluding hydrogens is 374 g/mol. The van der Waals surface area contributed by atoms with Crippen molar-refractivity contribution in [1.82, 2.24) is 16.1 Å². The van der Waals surface area contributed by atoms with Gasteiger partial charge in [-0.1, -0.05) is 18.2 Å². The molecule has 0 heterocycles. The fourth-order valence-electron chi connectivity index (χ4n) is 2.07. The normalized spacial score (nSPS) is 12.4. The Bertz CT molecular complexity index is 710. The molecule has 0 radical (unpaired) electrons. The van der Waals surface area contributed by atoms with Gasteiger partial charge in [0, 0.05) is 13.0 Å². The van der Waals surface area contributed by atoms with E-state index in [0.717, 1.165) is 0 Å². The molecule has 0 aliphatic heterocycles. The van der Waals surface area contributed by atoms with Crippen molar-refractivity contribution in [2.45, 2.75) is 18.4 Å². The summed E-state index contributed by atoms with van der Waals surface area (Å²) in [4.78, 5) is 61.5. The van der Waals surface area contributed by atoms with Gasteiger partial charge in [0.1, 0.15) is 18.4 Å². The Hall–Kier alpha value is -3.31. The molecule has 0 unspecified atom stereocenters. The van der Waals surface area contributed by atoms with Crippen LogP contribution in [0.25, 0.3) is 0 Å². The number of carbonyl (C=O) groups is 5. The molecule has 0 spiro atoms. The molecule has 0 bridgehead atoms. The lowest BCUT2D eigenvalue weighted by atomic mass is 9.95. The third-order valence-electron chi connectivity index (χ3n) is 3.53. The van der Waals surface area contributed by atoms with E-state index in [0.29, 0.717) is 6.29 Å². The van der Waals surface area contributed by atoms with Crippen molar-refractivity contribution < 1.29 is 39.0 Å². The average molecular weight is 395 g/mol. The van der Waals surface area contributed by atoms with Crippen LogP contribution < -0.4 is 16.1 Å². The van der Waals surface area contributed by atoms with Crippen LogP contribution in [-0.4, -0.2) is 65.5 Å². The molecule has 11 nitrogen and oxygen atoms in total. The highest BCUT2D eigenvalue weighted by molar-refractivity contribution is 5.89. The molecule has 1 amide bonds. The molecule has 1 aromatic rings. The largest absolute Gasteiger partial charge is 0.480 e. The minimum atomic E-state index is -1.60. The van der Waals surface area contributed by atoms with E-state index in [1.807, 2.05) is 0 Å². The van der Waals surface area contributed by atoms with Crippen LogP contribution >= 0.6 is 0 Å². The fraction of sp³-hybridized carbons (Fsp3) is 0.353. The number of carboxylic acid groups (broad SMARTS) is 2. The summed E-state index contributed by atoms with van der Waals surface area (Å²) in [6.07, 6.45) is -0.0576. The number of rotatable bonds is 13. The van der Waals surface area contributed by atoms with Crippen molar-refractivity contribution in [1.29, 1.82) is 0 Å². The molecule has 0 saturated heterocycles. The number of nitrogens with one attached hydrogen (secondary N) is 3. The minimum absolute atomic E-state index is 0.184. The highest BCUT2D eigenvalue weighted by Gasteiger charge is 2.32. The lowest BCUT2D eigenvalue weighted by Gasteiger charge is -2.28. The minimum Gasteiger partial charge on any atom is -0.480 e. The second-order valence-corrected chi connectivity index (χ2v) is 5.80. The molecule has 1 aromatic carbocycles. The van der Waals surface area contributed by atoms with E-state index in [2.05, 4.69) is 16.1 Å². The van der Waals surface area contributed by atoms with Gasteiger partial charge in [-0.05, 0) is 18.6 Å². The average Bonchev–Trinajstić information content (AvgIpc) is 2.68. The van der Waals surface area contributed by atoms with Gasteiger partial charge in [-0.3, -0.25) is 14.4 Å². The summed E-state index contributed by atoms with van der Waals surface area (Å²) in [5, 5.41) is 21.9. The predicted molar refractivity (Wildman–Crippen MR) is 94.2 cm³/mol. The molecule has 28 heavy (non-hydrogen) atoms. The monoisotopic (exact) mass is 395 g/mol. The van der Waals surface area contributed by atoms with E-state index >= 15 is 0 Å². The Kier molecular flexibility index (Phi) is 9.27. The summed E-state index contributed by atoms with van der Waals surface area (Å²) < 4.78 is 0. The van der Waals surface area contributed by atoms with Gasteiger partial charge in [0.15, 0.2) is 0 Å². The van der Waals surface area contributed by atoms with Gasteiger partial charge in [0.25, 0.3) is 0 Å². The van der Waals surface area contributed by atoms with Crippen LogP contribution in [0.2, 0.25) is 0 Å². The van der Waals surface area contributed by atoms with Crippen molar-refractivity contribution in [3.8, 4) is 0 Å². The topological polar surface area (TPSA) is 171 Å². The second kappa shape index (κ2) is 11.4. The molecule has 1 rings (SSSR count). The number of hydroxylamine groups is 1. The van der Waals surface area contributed by atoms with Crippen molar-refractivity contribution in [3.05, 3.63) is 35.9 Å². The molecule has 0 aliphatic rings. The summed E-state index contributed by atoms with van der Waals surface area (Å²) in [5.74, 6) is -3.81. The summed E-state index contributed by atoms with van der Waals surface area (Å²) >= 11 is 0. The first-order chi connectivity index (χ1) is 13.3. The quantitative estimate of drug-likeness (QED) is 0.205. The Balaban J connectivity index is 2.75. The van der Waals surface area contributed by atoms with Gasteiger partial charge in [0.2, 0.25) is 5.91 Å². The van der Waals surface area contributed by atoms with Gasteiger partial charge >= 0.3 is 17.9 Å². The SMILES string of the molecule is O=C[C@](CCC(=O)NCC(=O)O)(CNCC(=O)O)NOC(=O)c1ccccc1. The van der Waals surface area contributed by atoms with Gasteiger partial charge in [-0.25, -0.2) is 4.79 Å². The fourth-order valence-corrected chi connectivity index (χ4v) is 2.07. The predicted octanol–water partition coefficient (Wildman–Crippen LogP) is -1.06. The molecule has 1 atom stereocenters. The van der Waals surface area contributed by atoms with E-state index in [9.17, 15) is 24.0 Å². The third-order valence-corrected chi connectivity index (χ3v) is 3.53. The number of carboxylic acids is 2. The van der Waals surface area contributed by atoms with Crippen molar-refractivity contribution in [2.24, 2.45) is 0 Å². The number of amides is 1. The molecule has 0 aliphatic carbocycles. The lowest BCUT2D eigenvalue weighted by Crippen LogP contribution is -2.55. The van der Waals surface area contributed by atoms with Crippen molar-refractivity contribution >= 4 is 30.1 Å². The zero-order valence-electron chi connectivity index (χ0n) is 14.8. The number of aldehydes is 1. The smallest absolute Gasteiger partial charge is 0.356 e. The van der Waals surface area contributed by atoms with Crippen LogP contribution in [0.4, 0.5) is 0 Å². The third kappa shape index (κ3) is 8.38. The second-order valence-electron chi connectivity index (χ2n) is 5.80. The van der Waals surface area contributed by atoms with Crippen LogP contribution in [0.1, 0.15) is 23.2 Å². The van der Waals surface area contributed by atoms with Gasteiger partial charge in [-0.2, -0.15) is 0 Å². The first-order valence-electron chi connectivity index (χ1n) is 8.19. The molecule has 0 fully saturated rings. The molecule has 11 heteroatoms. The van der Waals surface area contributed by atoms with Gasteiger partial charge < -0.3 is 30.5 Å². The first kappa shape index (κ1) is 22.7. The van der Waals surface area contributed by atoms with E-state index in [4.69, 9.17) is 15.1 Å². The Morgan fingerprint density at radius 1 is 1.04 bits per heavy atom. The van der Waals surface area contributed by atoms with Gasteiger partial charge in [-0.15, -0.1) is 5.48 Å². The van der Waals surface area contributed by atoms with Crippen LogP contribution in [0.15, 0.2) is 30.3 Å². The van der Waals surface area contributed by atoms with E-state index < -0.39 is 42.4 Å². The Morgan fingerprint density at radius 3 is 2.25 bits per heavy atom. The number of carbonyl (C=O) groups excluding carboxylic acids is 3. The zero-order chi connectivity index (χ0) is 21.0. The lowest BCUT2D eigenvalue weighted by molar-refractivity contribution is -0.138. The van der Waals surface area contributed by atoms with Crippen molar-refractivity contribution in [2.75, 3.05) is 19.6 Å². The summed E-state index contributed by atoms with van der Waals surface area (Å²) in [7, 11) is 0. The highest BCUT2D eigenvalue weighted by Crippen LogP contribution is 2.11. The number of hydrogen-bond donors (Lipinski definition) is 5. The molecule has 0 saturated carbocycles. The van der Waals surface area contributed by atoms with Crippen LogP contribution in [0.3, 0.4) is 0 Å². The molecule has 152 valence electrons. The van der Waals surface area contributed by atoms with Crippen LogP contribution in [0, 0.1) is 0 Å². The van der Waals surface area contributed by atoms with Crippen LogP contribution in [-0.2, 0) is 24.0 Å². The summed E-state index contributed by atoms with van der Waals surface area (Å²) in [6.45, 7) is -1.30. The first-order valence-corrected chi connectivity index (χ1v) is 8.19. The standard InChI is InChI=1S/C17H21N3O8/c21-11-17(10-18-8-14(23)24,7-6-13(22)19-9-15(25)26)20-28-16(27)12-4-2-1-3-5-12/h1-5,11,18,20H,6-10H2,(H,19,22)(H,23,24)(H,25,26)/t17-/m0/s1. The van der Waals surface area contributed by atoms with E-state index in [1.165, 1.54) is 12.1 Å². The Labute approximate surface area is 160 Å². The number of hydrogen-bond acceptors (Lipinski definition) is 8. The molecule has 5 N–H and O–H groups in total. The maximum Gasteiger partial charge on any atom is 0.356 e. The summed E-state index contributed by atoms with van der Waals surface area (Å²) in [6, 6.07) is 7.92. The molecular formula is C17H21N3O8. The molecule has 0 aromatic heterocycles.